The van der Waals surface area contributed by atoms with E-state index in [-0.39, 0.29) is 12.5 Å². The van der Waals surface area contributed by atoms with E-state index in [9.17, 15) is 9.59 Å². The van der Waals surface area contributed by atoms with Crippen LogP contribution in [-0.4, -0.2) is 47.6 Å². The third kappa shape index (κ3) is 4.43. The van der Waals surface area contributed by atoms with Crippen LogP contribution < -0.4 is 21.3 Å². The molecule has 9 heteroatoms. The van der Waals surface area contributed by atoms with Crippen LogP contribution in [0.3, 0.4) is 0 Å². The number of carbonyl (C=O) groups excluding carboxylic acids is 1. The lowest BCUT2D eigenvalue weighted by molar-refractivity contribution is -0.121. The number of carbonyl (C=O) groups is 1. The molecule has 27 heavy (non-hydrogen) atoms. The van der Waals surface area contributed by atoms with Gasteiger partial charge in [-0.3, -0.25) is 9.36 Å². The summed E-state index contributed by atoms with van der Waals surface area (Å²) in [5, 5.41) is 5.85. The second-order valence-electron chi connectivity index (χ2n) is 6.28. The zero-order valence-corrected chi connectivity index (χ0v) is 15.5. The maximum Gasteiger partial charge on any atom is 0.420 e. The highest BCUT2D eigenvalue weighted by atomic mass is 16.4. The van der Waals surface area contributed by atoms with Crippen LogP contribution in [0.4, 0.5) is 11.8 Å². The number of hydrogen-bond acceptors (Lipinski definition) is 7. The Morgan fingerprint density at radius 2 is 2.00 bits per heavy atom. The number of anilines is 2. The van der Waals surface area contributed by atoms with Gasteiger partial charge in [0.15, 0.2) is 5.58 Å². The normalized spacial score (nSPS) is 10.8. The van der Waals surface area contributed by atoms with Crippen molar-refractivity contribution in [2.45, 2.75) is 13.5 Å². The summed E-state index contributed by atoms with van der Waals surface area (Å²) in [4.78, 5) is 34.6. The van der Waals surface area contributed by atoms with Gasteiger partial charge in [0.25, 0.3) is 0 Å². The van der Waals surface area contributed by atoms with Crippen LogP contribution in [0.1, 0.15) is 5.69 Å². The molecule has 0 saturated carbocycles. The molecule has 0 atom stereocenters. The van der Waals surface area contributed by atoms with Crippen molar-refractivity contribution in [3.63, 3.8) is 0 Å². The van der Waals surface area contributed by atoms with E-state index in [1.807, 2.05) is 32.0 Å². The highest BCUT2D eigenvalue weighted by Crippen LogP contribution is 2.12. The number of oxazole rings is 1. The van der Waals surface area contributed by atoms with Crippen molar-refractivity contribution >= 4 is 28.8 Å². The fraction of sp³-hybridized carbons (Fsp3) is 0.333. The quantitative estimate of drug-likeness (QED) is 0.598. The van der Waals surface area contributed by atoms with Gasteiger partial charge in [-0.05, 0) is 19.1 Å². The molecule has 0 spiro atoms. The van der Waals surface area contributed by atoms with Gasteiger partial charge in [0.1, 0.15) is 12.4 Å². The molecular formula is C18H22N6O3. The summed E-state index contributed by atoms with van der Waals surface area (Å²) in [6.45, 7) is 2.64. The van der Waals surface area contributed by atoms with Gasteiger partial charge in [-0.2, -0.15) is 4.98 Å². The summed E-state index contributed by atoms with van der Waals surface area (Å²) >= 11 is 0. The number of nitrogens with one attached hydrogen (secondary N) is 2. The Balaban J connectivity index is 1.53. The maximum atomic E-state index is 12.1. The first-order chi connectivity index (χ1) is 12.9. The van der Waals surface area contributed by atoms with E-state index in [1.54, 1.807) is 24.3 Å². The van der Waals surface area contributed by atoms with Crippen molar-refractivity contribution in [2.24, 2.45) is 0 Å². The predicted octanol–water partition coefficient (Wildman–Crippen LogP) is 0.987. The second-order valence-corrected chi connectivity index (χ2v) is 6.28. The Bertz CT molecular complexity index is 1010. The lowest BCUT2D eigenvalue weighted by Gasteiger charge is -2.14. The zero-order chi connectivity index (χ0) is 19.4. The molecule has 0 fully saturated rings. The van der Waals surface area contributed by atoms with E-state index < -0.39 is 5.76 Å². The van der Waals surface area contributed by atoms with E-state index in [1.165, 1.54) is 4.57 Å². The highest BCUT2D eigenvalue weighted by molar-refractivity contribution is 5.79. The second kappa shape index (κ2) is 7.90. The van der Waals surface area contributed by atoms with Gasteiger partial charge in [-0.25, -0.2) is 9.78 Å². The number of aryl methyl sites for hydroxylation is 1. The molecule has 2 heterocycles. The Labute approximate surface area is 156 Å². The van der Waals surface area contributed by atoms with Crippen LogP contribution in [0.25, 0.3) is 11.1 Å². The molecule has 0 unspecified atom stereocenters. The number of rotatable bonds is 7. The number of fused-ring (bicyclic) bond motifs is 1. The molecule has 3 rings (SSSR count). The molecule has 2 aromatic heterocycles. The summed E-state index contributed by atoms with van der Waals surface area (Å²) in [5.74, 6) is 0.490. The highest BCUT2D eigenvalue weighted by Gasteiger charge is 2.12. The first-order valence-electron chi connectivity index (χ1n) is 8.56. The molecule has 0 aliphatic rings. The van der Waals surface area contributed by atoms with Crippen molar-refractivity contribution < 1.29 is 9.21 Å². The maximum absolute atomic E-state index is 12.1. The molecule has 142 valence electrons. The monoisotopic (exact) mass is 370 g/mol. The fourth-order valence-electron chi connectivity index (χ4n) is 2.60. The number of hydrogen-bond donors (Lipinski definition) is 2. The minimum Gasteiger partial charge on any atom is -0.408 e. The van der Waals surface area contributed by atoms with E-state index in [2.05, 4.69) is 20.6 Å². The molecule has 1 aromatic carbocycles. The number of benzene rings is 1. The first-order valence-corrected chi connectivity index (χ1v) is 8.56. The smallest absolute Gasteiger partial charge is 0.408 e. The van der Waals surface area contributed by atoms with Crippen molar-refractivity contribution in [2.75, 3.05) is 37.4 Å². The zero-order valence-electron chi connectivity index (χ0n) is 15.5. The summed E-state index contributed by atoms with van der Waals surface area (Å²) in [7, 11) is 3.82. The number of amides is 1. The fourth-order valence-corrected chi connectivity index (χ4v) is 2.60. The molecule has 0 bridgehead atoms. The van der Waals surface area contributed by atoms with Gasteiger partial charge in [0.05, 0.1) is 5.52 Å². The molecule has 1 amide bonds. The van der Waals surface area contributed by atoms with Crippen molar-refractivity contribution in [1.29, 1.82) is 0 Å². The minimum absolute atomic E-state index is 0.0957. The van der Waals surface area contributed by atoms with Crippen LogP contribution >= 0.6 is 0 Å². The number of nitrogens with zero attached hydrogens (tertiary/aromatic N) is 4. The first kappa shape index (κ1) is 18.4. The molecule has 0 aliphatic carbocycles. The van der Waals surface area contributed by atoms with Crippen LogP contribution in [0.5, 0.6) is 0 Å². The summed E-state index contributed by atoms with van der Waals surface area (Å²) < 4.78 is 6.43. The number of para-hydroxylation sites is 2. The summed E-state index contributed by atoms with van der Waals surface area (Å²) in [6, 6.07) is 8.89. The largest absolute Gasteiger partial charge is 0.420 e. The predicted molar refractivity (Wildman–Crippen MR) is 103 cm³/mol. The van der Waals surface area contributed by atoms with Gasteiger partial charge >= 0.3 is 5.76 Å². The molecule has 2 N–H and O–H groups in total. The van der Waals surface area contributed by atoms with Gasteiger partial charge in [0.2, 0.25) is 11.9 Å². The standard InChI is InChI=1S/C18H22N6O3/c1-12-10-15(23(2)3)22-17(21-12)20-9-8-19-16(25)11-24-13-6-4-5-7-14(13)27-18(24)26/h4-7,10H,8-9,11H2,1-3H3,(H,19,25)(H,20,21,22). The molecule has 0 radical (unpaired) electrons. The third-order valence-electron chi connectivity index (χ3n) is 3.90. The molecule has 0 saturated heterocycles. The van der Waals surface area contributed by atoms with Crippen LogP contribution in [0.15, 0.2) is 39.5 Å². The molecule has 3 aromatic rings. The lowest BCUT2D eigenvalue weighted by Crippen LogP contribution is -2.34. The summed E-state index contributed by atoms with van der Waals surface area (Å²) in [5.41, 5.74) is 1.91. The summed E-state index contributed by atoms with van der Waals surface area (Å²) in [6.07, 6.45) is 0. The van der Waals surface area contributed by atoms with E-state index in [0.717, 1.165) is 11.5 Å². The van der Waals surface area contributed by atoms with Crippen molar-refractivity contribution in [3.05, 3.63) is 46.6 Å². The van der Waals surface area contributed by atoms with Gasteiger partial charge in [-0.1, -0.05) is 12.1 Å². The van der Waals surface area contributed by atoms with Crippen LogP contribution in [0.2, 0.25) is 0 Å². The Kier molecular flexibility index (Phi) is 5.39. The molecule has 0 aliphatic heterocycles. The third-order valence-corrected chi connectivity index (χ3v) is 3.90. The van der Waals surface area contributed by atoms with Gasteiger partial charge < -0.3 is 20.0 Å². The topological polar surface area (TPSA) is 105 Å². The van der Waals surface area contributed by atoms with E-state index in [4.69, 9.17) is 4.42 Å². The molecular weight excluding hydrogens is 348 g/mol. The Morgan fingerprint density at radius 1 is 1.22 bits per heavy atom. The van der Waals surface area contributed by atoms with Crippen molar-refractivity contribution in [3.8, 4) is 0 Å². The van der Waals surface area contributed by atoms with E-state index in [0.29, 0.717) is 30.1 Å². The minimum atomic E-state index is -0.547. The average Bonchev–Trinajstić information content (AvgIpc) is 2.94. The lowest BCUT2D eigenvalue weighted by atomic mass is 10.3. The van der Waals surface area contributed by atoms with Crippen LogP contribution in [0, 0.1) is 6.92 Å². The Hall–Kier alpha value is -3.36. The average molecular weight is 370 g/mol. The van der Waals surface area contributed by atoms with E-state index >= 15 is 0 Å². The SMILES string of the molecule is Cc1cc(N(C)C)nc(NCCNC(=O)Cn2c(=O)oc3ccccc32)n1. The molecule has 9 nitrogen and oxygen atoms in total. The Morgan fingerprint density at radius 3 is 2.78 bits per heavy atom. The van der Waals surface area contributed by atoms with Gasteiger partial charge in [0, 0.05) is 38.9 Å². The van der Waals surface area contributed by atoms with Gasteiger partial charge in [-0.15, -0.1) is 0 Å². The van der Waals surface area contributed by atoms with Crippen molar-refractivity contribution in [1.82, 2.24) is 19.9 Å². The van der Waals surface area contributed by atoms with Crippen LogP contribution in [-0.2, 0) is 11.3 Å². The number of aromatic nitrogens is 3.